The predicted molar refractivity (Wildman–Crippen MR) is 58.8 cm³/mol. The lowest BCUT2D eigenvalue weighted by molar-refractivity contribution is 0.0563. The molecule has 80 valence electrons. The molecule has 0 heterocycles. The summed E-state index contributed by atoms with van der Waals surface area (Å²) in [7, 11) is 0. The molecule has 0 saturated heterocycles. The highest BCUT2D eigenvalue weighted by Crippen LogP contribution is 2.21. The Morgan fingerprint density at radius 2 is 1.46 bits per heavy atom. The Kier molecular flexibility index (Phi) is 7.35. The maximum absolute atomic E-state index is 9.94. The Labute approximate surface area is 83.5 Å². The molecule has 0 aliphatic heterocycles. The molecule has 3 atom stereocenters. The van der Waals surface area contributed by atoms with Crippen molar-refractivity contribution in [2.24, 2.45) is 11.8 Å². The summed E-state index contributed by atoms with van der Waals surface area (Å²) in [6.45, 7) is 8.72. The van der Waals surface area contributed by atoms with Crippen molar-refractivity contribution in [3.05, 3.63) is 0 Å². The third-order valence-electron chi connectivity index (χ3n) is 2.92. The van der Waals surface area contributed by atoms with Crippen LogP contribution in [-0.2, 0) is 0 Å². The summed E-state index contributed by atoms with van der Waals surface area (Å²) in [6, 6.07) is 0. The van der Waals surface area contributed by atoms with E-state index < -0.39 is 0 Å². The monoisotopic (exact) mass is 186 g/mol. The van der Waals surface area contributed by atoms with Crippen LogP contribution in [0, 0.1) is 11.8 Å². The van der Waals surface area contributed by atoms with Gasteiger partial charge >= 0.3 is 0 Å². The second-order valence-electron chi connectivity index (χ2n) is 4.38. The van der Waals surface area contributed by atoms with Crippen molar-refractivity contribution in [3.8, 4) is 0 Å². The van der Waals surface area contributed by atoms with E-state index in [1.54, 1.807) is 0 Å². The Hall–Kier alpha value is -0.0400. The summed E-state index contributed by atoms with van der Waals surface area (Å²) < 4.78 is 0. The minimum Gasteiger partial charge on any atom is -0.393 e. The molecule has 0 rings (SSSR count). The van der Waals surface area contributed by atoms with Gasteiger partial charge in [-0.3, -0.25) is 0 Å². The van der Waals surface area contributed by atoms with Crippen LogP contribution in [0.1, 0.15) is 59.8 Å². The number of hydrogen-bond donors (Lipinski definition) is 1. The van der Waals surface area contributed by atoms with Crippen LogP contribution in [0.25, 0.3) is 0 Å². The lowest BCUT2D eigenvalue weighted by atomic mass is 9.87. The smallest absolute Gasteiger partial charge is 0.0591 e. The maximum atomic E-state index is 9.94. The molecule has 1 nitrogen and oxygen atoms in total. The Morgan fingerprint density at radius 1 is 0.923 bits per heavy atom. The van der Waals surface area contributed by atoms with Gasteiger partial charge in [0, 0.05) is 0 Å². The van der Waals surface area contributed by atoms with Gasteiger partial charge in [0.05, 0.1) is 6.10 Å². The SMILES string of the molecule is CCCCC(C)C(O)C(C)CCC. The topological polar surface area (TPSA) is 20.2 Å². The van der Waals surface area contributed by atoms with E-state index in [0.717, 1.165) is 6.42 Å². The van der Waals surface area contributed by atoms with Crippen LogP contribution < -0.4 is 0 Å². The third-order valence-corrected chi connectivity index (χ3v) is 2.92. The number of hydrogen-bond acceptors (Lipinski definition) is 1. The molecular formula is C12H26O. The van der Waals surface area contributed by atoms with Gasteiger partial charge in [-0.1, -0.05) is 47.0 Å². The molecule has 0 aromatic rings. The number of aliphatic hydroxyl groups excluding tert-OH is 1. The van der Waals surface area contributed by atoms with Crippen molar-refractivity contribution in [1.29, 1.82) is 0 Å². The molecular weight excluding hydrogens is 160 g/mol. The van der Waals surface area contributed by atoms with Crippen LogP contribution in [0.4, 0.5) is 0 Å². The van der Waals surface area contributed by atoms with Gasteiger partial charge in [-0.25, -0.2) is 0 Å². The average molecular weight is 186 g/mol. The fourth-order valence-corrected chi connectivity index (χ4v) is 1.88. The number of aliphatic hydroxyl groups is 1. The van der Waals surface area contributed by atoms with Crippen LogP contribution in [-0.4, -0.2) is 11.2 Å². The van der Waals surface area contributed by atoms with Gasteiger partial charge in [0.15, 0.2) is 0 Å². The minimum atomic E-state index is -0.0912. The summed E-state index contributed by atoms with van der Waals surface area (Å²) in [5, 5.41) is 9.94. The lowest BCUT2D eigenvalue weighted by Crippen LogP contribution is -2.25. The molecule has 0 saturated carbocycles. The first-order valence-electron chi connectivity index (χ1n) is 5.81. The quantitative estimate of drug-likeness (QED) is 0.644. The van der Waals surface area contributed by atoms with Crippen molar-refractivity contribution >= 4 is 0 Å². The zero-order valence-electron chi connectivity index (χ0n) is 9.71. The Morgan fingerprint density at radius 3 is 1.92 bits per heavy atom. The second kappa shape index (κ2) is 7.37. The van der Waals surface area contributed by atoms with Gasteiger partial charge in [0.2, 0.25) is 0 Å². The van der Waals surface area contributed by atoms with Gasteiger partial charge in [0.25, 0.3) is 0 Å². The number of rotatable bonds is 7. The van der Waals surface area contributed by atoms with Gasteiger partial charge in [-0.05, 0) is 24.7 Å². The fraction of sp³-hybridized carbons (Fsp3) is 1.00. The zero-order chi connectivity index (χ0) is 10.3. The highest BCUT2D eigenvalue weighted by molar-refractivity contribution is 4.70. The van der Waals surface area contributed by atoms with Crippen LogP contribution in [0.5, 0.6) is 0 Å². The summed E-state index contributed by atoms with van der Waals surface area (Å²) in [5.41, 5.74) is 0. The second-order valence-corrected chi connectivity index (χ2v) is 4.38. The Bertz CT molecular complexity index is 112. The molecule has 0 aromatic heterocycles. The lowest BCUT2D eigenvalue weighted by Gasteiger charge is -2.24. The van der Waals surface area contributed by atoms with Crippen molar-refractivity contribution in [2.75, 3.05) is 0 Å². The molecule has 0 aliphatic rings. The molecule has 0 fully saturated rings. The largest absolute Gasteiger partial charge is 0.393 e. The summed E-state index contributed by atoms with van der Waals surface area (Å²) in [5.74, 6) is 0.943. The molecule has 0 radical (unpaired) electrons. The van der Waals surface area contributed by atoms with E-state index in [1.807, 2.05) is 0 Å². The van der Waals surface area contributed by atoms with Crippen LogP contribution in [0.15, 0.2) is 0 Å². The molecule has 0 bridgehead atoms. The summed E-state index contributed by atoms with van der Waals surface area (Å²) in [6.07, 6.45) is 5.89. The van der Waals surface area contributed by atoms with Gasteiger partial charge in [-0.15, -0.1) is 0 Å². The van der Waals surface area contributed by atoms with E-state index in [1.165, 1.54) is 25.7 Å². The van der Waals surface area contributed by atoms with Gasteiger partial charge in [0.1, 0.15) is 0 Å². The normalized spacial score (nSPS) is 18.2. The van der Waals surface area contributed by atoms with E-state index in [2.05, 4.69) is 27.7 Å². The van der Waals surface area contributed by atoms with Crippen LogP contribution in [0.3, 0.4) is 0 Å². The molecule has 13 heavy (non-hydrogen) atoms. The third kappa shape index (κ3) is 5.30. The molecule has 0 aliphatic carbocycles. The fourth-order valence-electron chi connectivity index (χ4n) is 1.88. The highest BCUT2D eigenvalue weighted by atomic mass is 16.3. The van der Waals surface area contributed by atoms with Crippen molar-refractivity contribution in [3.63, 3.8) is 0 Å². The molecule has 1 heteroatoms. The molecule has 0 aromatic carbocycles. The predicted octanol–water partition coefficient (Wildman–Crippen LogP) is 3.61. The molecule has 0 spiro atoms. The standard InChI is InChI=1S/C12H26O/c1-5-7-9-11(4)12(13)10(3)8-6-2/h10-13H,5-9H2,1-4H3. The first-order chi connectivity index (χ1) is 6.13. The zero-order valence-corrected chi connectivity index (χ0v) is 9.71. The highest BCUT2D eigenvalue weighted by Gasteiger charge is 2.19. The Balaban J connectivity index is 3.71. The minimum absolute atomic E-state index is 0.0912. The molecule has 0 amide bonds. The van der Waals surface area contributed by atoms with Crippen molar-refractivity contribution in [2.45, 2.75) is 65.9 Å². The maximum Gasteiger partial charge on any atom is 0.0591 e. The summed E-state index contributed by atoms with van der Waals surface area (Å²) in [4.78, 5) is 0. The van der Waals surface area contributed by atoms with Crippen molar-refractivity contribution < 1.29 is 5.11 Å². The summed E-state index contributed by atoms with van der Waals surface area (Å²) >= 11 is 0. The first-order valence-corrected chi connectivity index (χ1v) is 5.81. The average Bonchev–Trinajstić information content (AvgIpc) is 2.13. The number of unbranched alkanes of at least 4 members (excludes halogenated alkanes) is 1. The van der Waals surface area contributed by atoms with Crippen LogP contribution >= 0.6 is 0 Å². The first kappa shape index (κ1) is 13.0. The van der Waals surface area contributed by atoms with Gasteiger partial charge in [-0.2, -0.15) is 0 Å². The van der Waals surface area contributed by atoms with E-state index in [4.69, 9.17) is 0 Å². The van der Waals surface area contributed by atoms with E-state index >= 15 is 0 Å². The van der Waals surface area contributed by atoms with E-state index in [9.17, 15) is 5.11 Å². The van der Waals surface area contributed by atoms with Crippen molar-refractivity contribution in [1.82, 2.24) is 0 Å². The van der Waals surface area contributed by atoms with Crippen LogP contribution in [0.2, 0.25) is 0 Å². The molecule has 1 N–H and O–H groups in total. The van der Waals surface area contributed by atoms with E-state index in [-0.39, 0.29) is 6.10 Å². The van der Waals surface area contributed by atoms with E-state index in [0.29, 0.717) is 11.8 Å². The van der Waals surface area contributed by atoms with Gasteiger partial charge < -0.3 is 5.11 Å². The molecule has 3 unspecified atom stereocenters.